The molecule has 1 fully saturated rings. The average Bonchev–Trinajstić information content (AvgIpc) is 3.10. The second-order valence-corrected chi connectivity index (χ2v) is 11.4. The summed E-state index contributed by atoms with van der Waals surface area (Å²) in [5, 5.41) is 10.3. The molecule has 1 heterocycles. The number of rotatable bonds is 7. The standard InChI is InChI=1S/C31H33ClF4N4O/c32-24-16-20(10-12-25(24)33)21-11-13-27-28(17-21)40-30(39-27,22-7-3-1-2-4-8-22)18-38-29(41)26(37)15-19-6-5-9-23(14-19)31(34,35)36/h5-6,9-14,16-17,22,26,39-40H,1-4,7-8,15,18,37H2,(H,38,41). The molecule has 5 rings (SSSR count). The van der Waals surface area contributed by atoms with Crippen molar-refractivity contribution >= 4 is 28.9 Å². The highest BCUT2D eigenvalue weighted by molar-refractivity contribution is 6.31. The Kier molecular flexibility index (Phi) is 8.47. The van der Waals surface area contributed by atoms with Gasteiger partial charge in [0.05, 0.1) is 34.5 Å². The number of alkyl halides is 3. The van der Waals surface area contributed by atoms with Crippen molar-refractivity contribution in [3.63, 3.8) is 0 Å². The maximum atomic E-state index is 13.7. The minimum Gasteiger partial charge on any atom is -0.359 e. The summed E-state index contributed by atoms with van der Waals surface area (Å²) in [4.78, 5) is 13.1. The first-order valence-electron chi connectivity index (χ1n) is 13.9. The van der Waals surface area contributed by atoms with Gasteiger partial charge in [-0.25, -0.2) is 4.39 Å². The highest BCUT2D eigenvalue weighted by Crippen LogP contribution is 2.43. The number of hydrogen-bond acceptors (Lipinski definition) is 4. The van der Waals surface area contributed by atoms with Crippen LogP contribution in [0, 0.1) is 11.7 Å². The molecule has 2 aliphatic rings. The summed E-state index contributed by atoms with van der Waals surface area (Å²) < 4.78 is 53.1. The van der Waals surface area contributed by atoms with E-state index in [4.69, 9.17) is 17.3 Å². The molecule has 41 heavy (non-hydrogen) atoms. The molecular weight excluding hydrogens is 556 g/mol. The molecule has 1 amide bonds. The van der Waals surface area contributed by atoms with Gasteiger partial charge in [-0.05, 0) is 66.3 Å². The van der Waals surface area contributed by atoms with Gasteiger partial charge in [-0.3, -0.25) is 4.79 Å². The van der Waals surface area contributed by atoms with Crippen LogP contribution < -0.4 is 21.7 Å². The predicted octanol–water partition coefficient (Wildman–Crippen LogP) is 7.36. The third kappa shape index (κ3) is 6.62. The van der Waals surface area contributed by atoms with Crippen molar-refractivity contribution in [1.82, 2.24) is 5.32 Å². The largest absolute Gasteiger partial charge is 0.416 e. The molecule has 218 valence electrons. The first kappa shape index (κ1) is 29.2. The van der Waals surface area contributed by atoms with E-state index in [9.17, 15) is 22.4 Å². The lowest BCUT2D eigenvalue weighted by Gasteiger charge is -2.39. The van der Waals surface area contributed by atoms with Crippen LogP contribution in [0.25, 0.3) is 11.1 Å². The number of carbonyl (C=O) groups excluding carboxylic acids is 1. The fraction of sp³-hybridized carbons (Fsp3) is 0.387. The Bertz CT molecular complexity index is 1410. The van der Waals surface area contributed by atoms with E-state index in [2.05, 4.69) is 16.0 Å². The summed E-state index contributed by atoms with van der Waals surface area (Å²) in [5.74, 6) is -0.705. The van der Waals surface area contributed by atoms with Crippen LogP contribution in [0.2, 0.25) is 5.02 Å². The highest BCUT2D eigenvalue weighted by atomic mass is 35.5. The number of anilines is 2. The fourth-order valence-corrected chi connectivity index (χ4v) is 6.09. The molecule has 5 N–H and O–H groups in total. The van der Waals surface area contributed by atoms with Crippen LogP contribution >= 0.6 is 11.6 Å². The smallest absolute Gasteiger partial charge is 0.359 e. The van der Waals surface area contributed by atoms with E-state index in [1.165, 1.54) is 18.2 Å². The summed E-state index contributed by atoms with van der Waals surface area (Å²) in [7, 11) is 0. The highest BCUT2D eigenvalue weighted by Gasteiger charge is 2.43. The zero-order valence-electron chi connectivity index (χ0n) is 22.5. The molecule has 0 aromatic heterocycles. The lowest BCUT2D eigenvalue weighted by Crippen LogP contribution is -2.58. The van der Waals surface area contributed by atoms with Crippen LogP contribution in [0.4, 0.5) is 28.9 Å². The van der Waals surface area contributed by atoms with Crippen molar-refractivity contribution in [2.75, 3.05) is 17.2 Å². The van der Waals surface area contributed by atoms with Gasteiger partial charge in [-0.15, -0.1) is 0 Å². The van der Waals surface area contributed by atoms with Crippen molar-refractivity contribution in [3.05, 3.63) is 82.6 Å². The van der Waals surface area contributed by atoms with Crippen LogP contribution in [0.5, 0.6) is 0 Å². The van der Waals surface area contributed by atoms with Crippen molar-refractivity contribution in [2.45, 2.75) is 62.8 Å². The van der Waals surface area contributed by atoms with Gasteiger partial charge in [0.15, 0.2) is 0 Å². The Morgan fingerprint density at radius 3 is 2.37 bits per heavy atom. The molecule has 5 nitrogen and oxygen atoms in total. The van der Waals surface area contributed by atoms with Gasteiger partial charge >= 0.3 is 6.18 Å². The minimum atomic E-state index is -4.47. The predicted molar refractivity (Wildman–Crippen MR) is 154 cm³/mol. The van der Waals surface area contributed by atoms with Gasteiger partial charge in [0.25, 0.3) is 0 Å². The molecule has 3 aromatic rings. The molecular formula is C31H33ClF4N4O. The number of benzene rings is 3. The summed E-state index contributed by atoms with van der Waals surface area (Å²) in [5.41, 5.74) is 8.45. The topological polar surface area (TPSA) is 79.2 Å². The Morgan fingerprint density at radius 1 is 0.976 bits per heavy atom. The van der Waals surface area contributed by atoms with E-state index >= 15 is 0 Å². The van der Waals surface area contributed by atoms with Gasteiger partial charge in [0.1, 0.15) is 11.5 Å². The van der Waals surface area contributed by atoms with Crippen molar-refractivity contribution in [1.29, 1.82) is 0 Å². The first-order chi connectivity index (χ1) is 19.5. The van der Waals surface area contributed by atoms with Gasteiger partial charge < -0.3 is 21.7 Å². The fourth-order valence-electron chi connectivity index (χ4n) is 5.91. The molecule has 0 spiro atoms. The molecule has 0 saturated heterocycles. The van der Waals surface area contributed by atoms with Crippen LogP contribution in [-0.4, -0.2) is 24.2 Å². The Balaban J connectivity index is 1.33. The van der Waals surface area contributed by atoms with Crippen molar-refractivity contribution in [2.24, 2.45) is 11.7 Å². The van der Waals surface area contributed by atoms with E-state index in [-0.39, 0.29) is 23.9 Å². The number of halogens is 5. The summed E-state index contributed by atoms with van der Waals surface area (Å²) in [6, 6.07) is 14.3. The molecule has 3 aromatic carbocycles. The number of nitrogens with two attached hydrogens (primary N) is 1. The van der Waals surface area contributed by atoms with Gasteiger partial charge in [-0.1, -0.05) is 67.6 Å². The van der Waals surface area contributed by atoms with E-state index in [1.54, 1.807) is 12.1 Å². The average molecular weight is 589 g/mol. The summed E-state index contributed by atoms with van der Waals surface area (Å²) in [6.45, 7) is 0.235. The second kappa shape index (κ2) is 11.9. The van der Waals surface area contributed by atoms with Gasteiger partial charge in [0, 0.05) is 5.92 Å². The van der Waals surface area contributed by atoms with Crippen molar-refractivity contribution < 1.29 is 22.4 Å². The number of fused-ring (bicyclic) bond motifs is 1. The van der Waals surface area contributed by atoms with Gasteiger partial charge in [0.2, 0.25) is 5.91 Å². The lowest BCUT2D eigenvalue weighted by molar-refractivity contribution is -0.137. The summed E-state index contributed by atoms with van der Waals surface area (Å²) in [6.07, 6.45) is 1.93. The number of amides is 1. The lowest BCUT2D eigenvalue weighted by atomic mass is 9.85. The van der Waals surface area contributed by atoms with E-state index < -0.39 is 35.2 Å². The van der Waals surface area contributed by atoms with E-state index in [0.717, 1.165) is 73.2 Å². The molecule has 0 bridgehead atoms. The second-order valence-electron chi connectivity index (χ2n) is 11.0. The molecule has 1 aliphatic carbocycles. The van der Waals surface area contributed by atoms with Crippen LogP contribution in [0.15, 0.2) is 60.7 Å². The Labute approximate surface area is 241 Å². The zero-order chi connectivity index (χ0) is 29.2. The normalized spacial score (nSPS) is 20.0. The summed E-state index contributed by atoms with van der Waals surface area (Å²) >= 11 is 6.02. The maximum absolute atomic E-state index is 13.7. The molecule has 10 heteroatoms. The molecule has 1 saturated carbocycles. The first-order valence-corrected chi connectivity index (χ1v) is 14.3. The number of nitrogens with one attached hydrogen (secondary N) is 3. The Hall–Kier alpha value is -3.30. The maximum Gasteiger partial charge on any atom is 0.416 e. The monoisotopic (exact) mass is 588 g/mol. The molecule has 0 radical (unpaired) electrons. The number of carbonyl (C=O) groups is 1. The van der Waals surface area contributed by atoms with Crippen molar-refractivity contribution in [3.8, 4) is 11.1 Å². The zero-order valence-corrected chi connectivity index (χ0v) is 23.2. The molecule has 2 unspecified atom stereocenters. The molecule has 1 aliphatic heterocycles. The number of hydrogen-bond donors (Lipinski definition) is 4. The van der Waals surface area contributed by atoms with E-state index in [0.29, 0.717) is 5.56 Å². The third-order valence-corrected chi connectivity index (χ3v) is 8.42. The quantitative estimate of drug-likeness (QED) is 0.172. The van der Waals surface area contributed by atoms with Gasteiger partial charge in [-0.2, -0.15) is 13.2 Å². The van der Waals surface area contributed by atoms with Crippen LogP contribution in [0.3, 0.4) is 0 Å². The Morgan fingerprint density at radius 2 is 1.66 bits per heavy atom. The third-order valence-electron chi connectivity index (χ3n) is 8.13. The minimum absolute atomic E-state index is 0.0170. The van der Waals surface area contributed by atoms with Crippen LogP contribution in [0.1, 0.15) is 49.7 Å². The molecule has 2 atom stereocenters. The van der Waals surface area contributed by atoms with E-state index in [1.807, 2.05) is 18.2 Å². The SMILES string of the molecule is NC(Cc1cccc(C(F)(F)F)c1)C(=O)NCC1(C2CCCCCC2)Nc2ccc(-c3ccc(F)c(Cl)c3)cc2N1. The van der Waals surface area contributed by atoms with Crippen LogP contribution in [-0.2, 0) is 17.4 Å².